The molecule has 0 aromatic carbocycles. The highest BCUT2D eigenvalue weighted by Gasteiger charge is 2.72. The van der Waals surface area contributed by atoms with E-state index in [1.54, 1.807) is 7.11 Å². The number of nitrogens with zero attached hydrogens (tertiary/aromatic N) is 1. The van der Waals surface area contributed by atoms with Crippen molar-refractivity contribution in [2.45, 2.75) is 170 Å². The van der Waals surface area contributed by atoms with Gasteiger partial charge in [0.25, 0.3) is 0 Å². The Kier molecular flexibility index (Phi) is 14.7. The van der Waals surface area contributed by atoms with Gasteiger partial charge in [0.15, 0.2) is 0 Å². The Balaban J connectivity index is 0.974. The monoisotopic (exact) mass is 949 g/mol. The molecule has 0 amide bonds. The summed E-state index contributed by atoms with van der Waals surface area (Å²) >= 11 is 0. The van der Waals surface area contributed by atoms with Crippen LogP contribution in [0.15, 0.2) is 0 Å². The minimum absolute atomic E-state index is 0.0525. The Bertz CT molecular complexity index is 1730. The van der Waals surface area contributed by atoms with E-state index in [-0.39, 0.29) is 57.3 Å². The Morgan fingerprint density at radius 1 is 0.712 bits per heavy atom. The van der Waals surface area contributed by atoms with Crippen LogP contribution in [0, 0.1) is 73.9 Å². The van der Waals surface area contributed by atoms with Crippen LogP contribution in [-0.2, 0) is 33.3 Å². The summed E-state index contributed by atoms with van der Waals surface area (Å²) in [4.78, 5) is 28.1. The van der Waals surface area contributed by atoms with Gasteiger partial charge in [-0.15, -0.1) is 0 Å². The third-order valence-corrected chi connectivity index (χ3v) is 23.6. The number of hydrogen-bond acceptors (Lipinski definition) is 11. The normalized spacial score (nSPS) is 43.2. The van der Waals surface area contributed by atoms with Crippen molar-refractivity contribution in [1.82, 2.24) is 10.2 Å². The molecule has 0 aromatic rings. The SMILES string of the molecule is COCCOCCOCCO[C@H](C)[C@@H](CN[C@]12CC[C@@H](C3(C)CC3)[C@@H]1[C@H]1CC[C@@H]3[C@@]4(C)CC[C@H](OC(=O)[C@H]5C[C@@H](C(=O)O)C5(C)C)C(C)(C)[C@@H]4CC[C@@]3(C)[C@]1(C)CC2)N1CCS(O)(O)CC1. The summed E-state index contributed by atoms with van der Waals surface area (Å²) in [7, 11) is -0.857. The van der Waals surface area contributed by atoms with E-state index in [9.17, 15) is 23.8 Å². The Morgan fingerprint density at radius 2 is 1.38 bits per heavy atom. The van der Waals surface area contributed by atoms with Gasteiger partial charge in [-0.2, -0.15) is 10.6 Å². The molecule has 0 radical (unpaired) electrons. The molecule has 8 fully saturated rings. The molecule has 7 aliphatic carbocycles. The molecule has 380 valence electrons. The van der Waals surface area contributed by atoms with E-state index >= 15 is 0 Å². The van der Waals surface area contributed by atoms with Crippen molar-refractivity contribution in [2.24, 2.45) is 73.9 Å². The predicted molar refractivity (Wildman–Crippen MR) is 260 cm³/mol. The lowest BCUT2D eigenvalue weighted by atomic mass is 9.32. The molecular weight excluding hydrogens is 857 g/mol. The van der Waals surface area contributed by atoms with Crippen molar-refractivity contribution >= 4 is 22.5 Å². The van der Waals surface area contributed by atoms with Gasteiger partial charge >= 0.3 is 11.9 Å². The molecule has 4 N–H and O–H groups in total. The number of ether oxygens (including phenoxy) is 5. The maximum atomic E-state index is 13.8. The van der Waals surface area contributed by atoms with Gasteiger partial charge in [-0.05, 0) is 147 Å². The van der Waals surface area contributed by atoms with E-state index in [2.05, 4.69) is 58.7 Å². The molecular formula is C53H92N2O10S. The van der Waals surface area contributed by atoms with Crippen LogP contribution in [0.4, 0.5) is 0 Å². The molecule has 13 heteroatoms. The number of esters is 1. The maximum Gasteiger partial charge on any atom is 0.309 e. The van der Waals surface area contributed by atoms with Crippen LogP contribution in [0.2, 0.25) is 0 Å². The van der Waals surface area contributed by atoms with Crippen LogP contribution in [0.5, 0.6) is 0 Å². The first-order valence-electron chi connectivity index (χ1n) is 26.4. The zero-order valence-corrected chi connectivity index (χ0v) is 43.6. The van der Waals surface area contributed by atoms with Crippen molar-refractivity contribution in [3.8, 4) is 0 Å². The van der Waals surface area contributed by atoms with Crippen molar-refractivity contribution in [3.05, 3.63) is 0 Å². The first-order valence-corrected chi connectivity index (χ1v) is 28.3. The van der Waals surface area contributed by atoms with Gasteiger partial charge in [0, 0.05) is 43.7 Å². The molecule has 1 aliphatic heterocycles. The molecule has 8 aliphatic rings. The van der Waals surface area contributed by atoms with Gasteiger partial charge in [-0.25, -0.2) is 0 Å². The van der Waals surface area contributed by atoms with E-state index in [4.69, 9.17) is 23.7 Å². The number of fused-ring (bicyclic) bond motifs is 7. The van der Waals surface area contributed by atoms with E-state index in [1.165, 1.54) is 57.8 Å². The Labute approximate surface area is 400 Å². The largest absolute Gasteiger partial charge is 0.481 e. The van der Waals surface area contributed by atoms with Crippen LogP contribution in [0.3, 0.4) is 0 Å². The van der Waals surface area contributed by atoms with Crippen molar-refractivity contribution < 1.29 is 47.5 Å². The number of carboxylic acid groups (broad SMARTS) is 1. The number of carbonyl (C=O) groups is 2. The number of carbonyl (C=O) groups excluding carboxylic acids is 1. The topological polar surface area (TPSA) is 156 Å². The number of nitrogens with one attached hydrogen (secondary N) is 1. The predicted octanol–water partition coefficient (Wildman–Crippen LogP) is 9.39. The molecule has 0 bridgehead atoms. The standard InChI is InChI=1S/C53H92N2O10S/c1-35(64-30-29-63-28-27-62-26-25-61-10)40(55-23-31-66(59,60)32-24-55)34-54-53-18-13-36(49(6)19-20-49)44(53)37-11-12-42-50(7)16-15-43(65-46(58)39-33-38(45(56)57)47(39,2)3)48(4,5)41(50)14-17-52(42,9)51(37,8)21-22-53/h35-44,54,59-60H,11-34H2,1-10H3,(H,56,57)/t35-,36-,37-,38+,39-,40-,41+,42-,43+,44-,50+,51-,52-,53+/m1/s1. The maximum absolute atomic E-state index is 13.8. The third kappa shape index (κ3) is 8.99. The molecule has 1 saturated heterocycles. The average molecular weight is 949 g/mol. The molecule has 0 spiro atoms. The number of carboxylic acids is 1. The van der Waals surface area contributed by atoms with Gasteiger partial charge in [0.1, 0.15) is 6.10 Å². The third-order valence-electron chi connectivity index (χ3n) is 21.9. The lowest BCUT2D eigenvalue weighted by Gasteiger charge is -2.73. The van der Waals surface area contributed by atoms with Crippen molar-refractivity contribution in [2.75, 3.05) is 77.9 Å². The fraction of sp³-hybridized carbons (Fsp3) is 0.962. The van der Waals surface area contributed by atoms with Gasteiger partial charge < -0.3 is 34.1 Å². The Hall–Kier alpha value is -1.03. The first kappa shape index (κ1) is 51.3. The second kappa shape index (κ2) is 18.9. The minimum atomic E-state index is -2.53. The van der Waals surface area contributed by atoms with Crippen LogP contribution in [0.25, 0.3) is 0 Å². The fourth-order valence-corrected chi connectivity index (χ4v) is 18.5. The smallest absolute Gasteiger partial charge is 0.309 e. The molecule has 7 saturated carbocycles. The van der Waals surface area contributed by atoms with Gasteiger partial charge in [-0.1, -0.05) is 55.4 Å². The molecule has 0 unspecified atom stereocenters. The fourth-order valence-electron chi connectivity index (χ4n) is 17.2. The number of methoxy groups -OCH3 is 1. The zero-order valence-electron chi connectivity index (χ0n) is 42.8. The average Bonchev–Trinajstić information content (AvgIpc) is 3.87. The van der Waals surface area contributed by atoms with Gasteiger partial charge in [0.05, 0.1) is 69.1 Å². The molecule has 12 nitrogen and oxygen atoms in total. The van der Waals surface area contributed by atoms with Crippen LogP contribution < -0.4 is 5.32 Å². The second-order valence-corrected chi connectivity index (χ2v) is 27.8. The summed E-state index contributed by atoms with van der Waals surface area (Å²) in [6, 6.07) is 0.111. The number of hydrogen-bond donors (Lipinski definition) is 4. The summed E-state index contributed by atoms with van der Waals surface area (Å²) in [5.74, 6) is 2.06. The van der Waals surface area contributed by atoms with E-state index < -0.39 is 27.9 Å². The summed E-state index contributed by atoms with van der Waals surface area (Å²) < 4.78 is 50.8. The van der Waals surface area contributed by atoms with Crippen LogP contribution in [-0.4, -0.2) is 133 Å². The summed E-state index contributed by atoms with van der Waals surface area (Å²) in [6.45, 7) is 26.8. The highest BCUT2D eigenvalue weighted by atomic mass is 32.3. The minimum Gasteiger partial charge on any atom is -0.481 e. The highest BCUT2D eigenvalue weighted by molar-refractivity contribution is 8.24. The highest BCUT2D eigenvalue weighted by Crippen LogP contribution is 2.78. The number of rotatable bonds is 19. The van der Waals surface area contributed by atoms with E-state index in [0.717, 1.165) is 31.7 Å². The molecule has 1 heterocycles. The lowest BCUT2D eigenvalue weighted by Crippen LogP contribution is -2.69. The Morgan fingerprint density at radius 3 is 2.02 bits per heavy atom. The van der Waals surface area contributed by atoms with E-state index in [0.29, 0.717) is 99.7 Å². The molecule has 0 aromatic heterocycles. The van der Waals surface area contributed by atoms with Crippen LogP contribution in [0.1, 0.15) is 146 Å². The van der Waals surface area contributed by atoms with Gasteiger partial charge in [-0.3, -0.25) is 23.6 Å². The molecule has 66 heavy (non-hydrogen) atoms. The second-order valence-electron chi connectivity index (χ2n) is 25.4. The quantitative estimate of drug-likeness (QED) is 0.0720. The summed E-state index contributed by atoms with van der Waals surface area (Å²) in [6.07, 6.45) is 14.7. The van der Waals surface area contributed by atoms with Crippen molar-refractivity contribution in [1.29, 1.82) is 0 Å². The lowest BCUT2D eigenvalue weighted by molar-refractivity contribution is -0.250. The molecule has 8 rings (SSSR count). The first-order chi connectivity index (χ1) is 31.0. The summed E-state index contributed by atoms with van der Waals surface area (Å²) in [5, 5.41) is 14.2. The van der Waals surface area contributed by atoms with E-state index in [1.807, 2.05) is 13.8 Å². The molecule has 14 atom stereocenters. The zero-order chi connectivity index (χ0) is 47.7. The van der Waals surface area contributed by atoms with Gasteiger partial charge in [0.2, 0.25) is 0 Å². The van der Waals surface area contributed by atoms with Crippen molar-refractivity contribution in [3.63, 3.8) is 0 Å². The summed E-state index contributed by atoms with van der Waals surface area (Å²) in [5.41, 5.74) is 0.354. The van der Waals surface area contributed by atoms with Crippen LogP contribution >= 0.6 is 10.6 Å². The number of aliphatic carboxylic acids is 1.